The van der Waals surface area contributed by atoms with Crippen molar-refractivity contribution in [2.24, 2.45) is 0 Å². The number of amides is 2. The normalized spacial score (nSPS) is 13.5. The molecule has 0 N–H and O–H groups in total. The van der Waals surface area contributed by atoms with E-state index in [9.17, 15) is 27.6 Å². The molecule has 0 bridgehead atoms. The maximum absolute atomic E-state index is 12.7. The summed E-state index contributed by atoms with van der Waals surface area (Å²) in [4.78, 5) is 41.6. The van der Waals surface area contributed by atoms with Gasteiger partial charge < -0.3 is 4.74 Å². The summed E-state index contributed by atoms with van der Waals surface area (Å²) in [5, 5.41) is 3.97. The summed E-state index contributed by atoms with van der Waals surface area (Å²) in [5.41, 5.74) is -0.193. The molecule has 0 spiro atoms. The molecule has 158 valence electrons. The molecule has 0 fully saturated rings. The van der Waals surface area contributed by atoms with Crippen LogP contribution in [0.2, 0.25) is 0 Å². The van der Waals surface area contributed by atoms with Crippen LogP contribution in [-0.2, 0) is 10.9 Å². The molecule has 1 aromatic carbocycles. The van der Waals surface area contributed by atoms with Gasteiger partial charge in [0, 0.05) is 6.20 Å². The molecule has 0 radical (unpaired) electrons. The average molecular weight is 430 g/mol. The van der Waals surface area contributed by atoms with Gasteiger partial charge in [-0.1, -0.05) is 12.1 Å². The van der Waals surface area contributed by atoms with Crippen molar-refractivity contribution in [2.45, 2.75) is 13.1 Å². The number of rotatable bonds is 4. The number of carbonyl (C=O) groups excluding carboxylic acids is 3. The molecule has 8 nitrogen and oxygen atoms in total. The standard InChI is InChI=1S/C20H13F3N4O4/c1-11-15(9-25-27(11)16-7-6-12(8-24-16)20(21,22)23)19(30)31-10-26-17(28)13-4-2-3-5-14(13)18(26)29/h2-9H,10H2,1H3. The fraction of sp³-hybridized carbons (Fsp3) is 0.150. The van der Waals surface area contributed by atoms with Crippen molar-refractivity contribution < 1.29 is 32.3 Å². The molecule has 0 saturated heterocycles. The summed E-state index contributed by atoms with van der Waals surface area (Å²) < 4.78 is 44.4. The van der Waals surface area contributed by atoms with Crippen molar-refractivity contribution in [1.82, 2.24) is 19.7 Å². The Bertz CT molecular complexity index is 1170. The van der Waals surface area contributed by atoms with Gasteiger partial charge in [-0.25, -0.2) is 19.4 Å². The van der Waals surface area contributed by atoms with E-state index in [1.165, 1.54) is 29.9 Å². The number of benzene rings is 1. The second kappa shape index (κ2) is 7.35. The van der Waals surface area contributed by atoms with Crippen LogP contribution in [0.15, 0.2) is 48.8 Å². The van der Waals surface area contributed by atoms with Gasteiger partial charge in [-0.05, 0) is 31.2 Å². The Kier molecular flexibility index (Phi) is 4.80. The summed E-state index contributed by atoms with van der Waals surface area (Å²) in [7, 11) is 0. The largest absolute Gasteiger partial charge is 0.440 e. The van der Waals surface area contributed by atoms with Crippen LogP contribution < -0.4 is 0 Å². The Morgan fingerprint density at radius 1 is 1.03 bits per heavy atom. The monoisotopic (exact) mass is 430 g/mol. The van der Waals surface area contributed by atoms with Crippen molar-refractivity contribution in [2.75, 3.05) is 6.73 Å². The smallest absolute Gasteiger partial charge is 0.417 e. The van der Waals surface area contributed by atoms with E-state index in [2.05, 4.69) is 10.1 Å². The SMILES string of the molecule is Cc1c(C(=O)OCN2C(=O)c3ccccc3C2=O)cnn1-c1ccc(C(F)(F)F)cn1. The van der Waals surface area contributed by atoms with E-state index in [4.69, 9.17) is 4.74 Å². The first-order valence-corrected chi connectivity index (χ1v) is 8.89. The first kappa shape index (κ1) is 20.3. The van der Waals surface area contributed by atoms with Crippen molar-refractivity contribution >= 4 is 17.8 Å². The zero-order valence-electron chi connectivity index (χ0n) is 15.9. The number of nitrogens with zero attached hydrogens (tertiary/aromatic N) is 4. The van der Waals surface area contributed by atoms with E-state index in [1.54, 1.807) is 12.1 Å². The highest BCUT2D eigenvalue weighted by molar-refractivity contribution is 6.21. The number of pyridine rings is 1. The number of esters is 1. The highest BCUT2D eigenvalue weighted by atomic mass is 19.4. The third-order valence-corrected chi connectivity index (χ3v) is 4.72. The fourth-order valence-electron chi connectivity index (χ4n) is 3.08. The first-order valence-electron chi connectivity index (χ1n) is 8.89. The Morgan fingerprint density at radius 3 is 2.23 bits per heavy atom. The lowest BCUT2D eigenvalue weighted by molar-refractivity contribution is -0.137. The van der Waals surface area contributed by atoms with Gasteiger partial charge in [-0.2, -0.15) is 18.3 Å². The van der Waals surface area contributed by atoms with Crippen LogP contribution in [0.25, 0.3) is 5.82 Å². The quantitative estimate of drug-likeness (QED) is 0.467. The number of hydrogen-bond acceptors (Lipinski definition) is 6. The fourth-order valence-corrected chi connectivity index (χ4v) is 3.08. The molecule has 0 saturated carbocycles. The maximum atomic E-state index is 12.7. The van der Waals surface area contributed by atoms with Gasteiger partial charge in [-0.15, -0.1) is 0 Å². The van der Waals surface area contributed by atoms with Crippen molar-refractivity contribution in [3.05, 3.63) is 76.7 Å². The van der Waals surface area contributed by atoms with E-state index in [1.807, 2.05) is 0 Å². The lowest BCUT2D eigenvalue weighted by atomic mass is 10.1. The van der Waals surface area contributed by atoms with Crippen molar-refractivity contribution in [3.63, 3.8) is 0 Å². The number of aromatic nitrogens is 3. The molecule has 31 heavy (non-hydrogen) atoms. The van der Waals surface area contributed by atoms with E-state index in [-0.39, 0.29) is 28.2 Å². The Hall–Kier alpha value is -4.02. The Morgan fingerprint density at radius 2 is 1.68 bits per heavy atom. The van der Waals surface area contributed by atoms with Gasteiger partial charge >= 0.3 is 12.1 Å². The number of ether oxygens (including phenoxy) is 1. The highest BCUT2D eigenvalue weighted by Gasteiger charge is 2.36. The second-order valence-corrected chi connectivity index (χ2v) is 6.60. The lowest BCUT2D eigenvalue weighted by Crippen LogP contribution is -2.33. The predicted molar refractivity (Wildman–Crippen MR) is 98.3 cm³/mol. The number of fused-ring (bicyclic) bond motifs is 1. The van der Waals surface area contributed by atoms with Gasteiger partial charge in [0.25, 0.3) is 11.8 Å². The Labute approximate surface area is 172 Å². The molecule has 0 unspecified atom stereocenters. The number of carbonyl (C=O) groups is 3. The van der Waals surface area contributed by atoms with Crippen LogP contribution in [0.4, 0.5) is 13.2 Å². The number of halogens is 3. The minimum absolute atomic E-state index is 0.0123. The summed E-state index contributed by atoms with van der Waals surface area (Å²) >= 11 is 0. The molecular weight excluding hydrogens is 417 g/mol. The van der Waals surface area contributed by atoms with E-state index in [0.29, 0.717) is 6.20 Å². The second-order valence-electron chi connectivity index (χ2n) is 6.60. The minimum Gasteiger partial charge on any atom is -0.440 e. The Balaban J connectivity index is 1.48. The van der Waals surface area contributed by atoms with Gasteiger partial charge in [0.15, 0.2) is 12.5 Å². The summed E-state index contributed by atoms with van der Waals surface area (Å²) in [6, 6.07) is 8.21. The maximum Gasteiger partial charge on any atom is 0.417 e. The van der Waals surface area contributed by atoms with Crippen LogP contribution in [0.3, 0.4) is 0 Å². The van der Waals surface area contributed by atoms with Crippen LogP contribution in [0, 0.1) is 6.92 Å². The molecule has 3 aromatic rings. The molecule has 1 aliphatic heterocycles. The molecule has 11 heteroatoms. The zero-order valence-corrected chi connectivity index (χ0v) is 15.9. The number of hydrogen-bond donors (Lipinski definition) is 0. The van der Waals surface area contributed by atoms with E-state index >= 15 is 0 Å². The highest BCUT2D eigenvalue weighted by Crippen LogP contribution is 2.29. The number of alkyl halides is 3. The van der Waals surface area contributed by atoms with E-state index < -0.39 is 36.3 Å². The average Bonchev–Trinajstić information content (AvgIpc) is 3.24. The van der Waals surface area contributed by atoms with Gasteiger partial charge in [0.05, 0.1) is 28.6 Å². The molecule has 2 amide bonds. The molecular formula is C20H13F3N4O4. The van der Waals surface area contributed by atoms with Crippen LogP contribution >= 0.6 is 0 Å². The molecule has 3 heterocycles. The molecule has 1 aliphatic rings. The minimum atomic E-state index is -4.52. The summed E-state index contributed by atoms with van der Waals surface area (Å²) in [6.45, 7) is 0.916. The summed E-state index contributed by atoms with van der Waals surface area (Å²) in [5.74, 6) is -1.93. The third-order valence-electron chi connectivity index (χ3n) is 4.72. The van der Waals surface area contributed by atoms with Gasteiger partial charge in [0.1, 0.15) is 5.56 Å². The van der Waals surface area contributed by atoms with Crippen LogP contribution in [0.5, 0.6) is 0 Å². The predicted octanol–water partition coefficient (Wildman–Crippen LogP) is 3.01. The third kappa shape index (κ3) is 3.54. The zero-order chi connectivity index (χ0) is 22.3. The van der Waals surface area contributed by atoms with E-state index in [0.717, 1.165) is 17.0 Å². The molecule has 4 rings (SSSR count). The molecule has 0 atom stereocenters. The number of imide groups is 1. The van der Waals surface area contributed by atoms with Crippen LogP contribution in [-0.4, -0.2) is 44.2 Å². The first-order chi connectivity index (χ1) is 14.7. The summed E-state index contributed by atoms with van der Waals surface area (Å²) in [6.07, 6.45) is -2.69. The van der Waals surface area contributed by atoms with Gasteiger partial charge in [-0.3, -0.25) is 9.59 Å². The van der Waals surface area contributed by atoms with Gasteiger partial charge in [0.2, 0.25) is 0 Å². The topological polar surface area (TPSA) is 94.4 Å². The lowest BCUT2D eigenvalue weighted by Gasteiger charge is -2.13. The van der Waals surface area contributed by atoms with Crippen molar-refractivity contribution in [1.29, 1.82) is 0 Å². The molecule has 0 aliphatic carbocycles. The van der Waals surface area contributed by atoms with Crippen LogP contribution in [0.1, 0.15) is 42.3 Å². The van der Waals surface area contributed by atoms with Crippen molar-refractivity contribution in [3.8, 4) is 5.82 Å². The molecule has 2 aromatic heterocycles.